The van der Waals surface area contributed by atoms with E-state index >= 15 is 0 Å². The van der Waals surface area contributed by atoms with Crippen molar-refractivity contribution in [1.29, 1.82) is 0 Å². The molecule has 4 atom stereocenters. The minimum atomic E-state index is -1.15. The number of rotatable bonds is 14. The third-order valence-corrected chi connectivity index (χ3v) is 5.20. The summed E-state index contributed by atoms with van der Waals surface area (Å²) in [6.45, 7) is 5.38. The minimum absolute atomic E-state index is 0.239. The van der Waals surface area contributed by atoms with Crippen molar-refractivity contribution in [1.82, 2.24) is 16.0 Å². The SMILES string of the molecule is CC(NC(=O)C(N)Cc1ccccc1)C(=O)NC(C(=O)NC(CCCCN)C(=O)O)C(C)C. The van der Waals surface area contributed by atoms with Crippen molar-refractivity contribution in [3.63, 3.8) is 0 Å². The van der Waals surface area contributed by atoms with Crippen LogP contribution in [-0.2, 0) is 25.6 Å². The van der Waals surface area contributed by atoms with Crippen LogP contribution in [0.2, 0.25) is 0 Å². The Morgan fingerprint density at radius 2 is 1.55 bits per heavy atom. The van der Waals surface area contributed by atoms with Crippen LogP contribution in [0.5, 0.6) is 0 Å². The molecule has 0 aromatic heterocycles. The summed E-state index contributed by atoms with van der Waals surface area (Å²) >= 11 is 0. The van der Waals surface area contributed by atoms with Crippen LogP contribution >= 0.6 is 0 Å². The van der Waals surface area contributed by atoms with Gasteiger partial charge in [-0.2, -0.15) is 0 Å². The lowest BCUT2D eigenvalue weighted by Crippen LogP contribution is -2.57. The number of carbonyl (C=O) groups is 4. The third kappa shape index (κ3) is 10.0. The van der Waals surface area contributed by atoms with Gasteiger partial charge in [-0.25, -0.2) is 4.79 Å². The molecule has 1 rings (SSSR count). The number of nitrogens with two attached hydrogens (primary N) is 2. The summed E-state index contributed by atoms with van der Waals surface area (Å²) in [5.41, 5.74) is 12.3. The Balaban J connectivity index is 2.68. The summed E-state index contributed by atoms with van der Waals surface area (Å²) in [4.78, 5) is 49.2. The predicted molar refractivity (Wildman–Crippen MR) is 125 cm³/mol. The Labute approximate surface area is 194 Å². The zero-order chi connectivity index (χ0) is 25.0. The number of carboxylic acids is 1. The minimum Gasteiger partial charge on any atom is -0.480 e. The lowest BCUT2D eigenvalue weighted by molar-refractivity contribution is -0.142. The van der Waals surface area contributed by atoms with Crippen LogP contribution in [0.4, 0.5) is 0 Å². The normalized spacial score (nSPS) is 14.6. The molecular formula is C23H37N5O5. The van der Waals surface area contributed by atoms with E-state index in [0.29, 0.717) is 25.8 Å². The van der Waals surface area contributed by atoms with Gasteiger partial charge >= 0.3 is 5.97 Å². The number of hydrogen-bond acceptors (Lipinski definition) is 6. The lowest BCUT2D eigenvalue weighted by atomic mass is 10.0. The number of nitrogens with one attached hydrogen (secondary N) is 3. The van der Waals surface area contributed by atoms with Gasteiger partial charge in [0.1, 0.15) is 18.1 Å². The molecule has 33 heavy (non-hydrogen) atoms. The number of aliphatic carboxylic acids is 1. The maximum atomic E-state index is 12.7. The molecule has 8 N–H and O–H groups in total. The first kappa shape index (κ1) is 28.1. The first-order valence-electron chi connectivity index (χ1n) is 11.2. The van der Waals surface area contributed by atoms with Gasteiger partial charge in [0.25, 0.3) is 0 Å². The van der Waals surface area contributed by atoms with E-state index in [0.717, 1.165) is 5.56 Å². The highest BCUT2D eigenvalue weighted by Gasteiger charge is 2.30. The molecule has 3 amide bonds. The second-order valence-electron chi connectivity index (χ2n) is 8.44. The second kappa shape index (κ2) is 14.2. The largest absolute Gasteiger partial charge is 0.480 e. The second-order valence-corrected chi connectivity index (χ2v) is 8.44. The van der Waals surface area contributed by atoms with Gasteiger partial charge in [-0.05, 0) is 50.6 Å². The maximum Gasteiger partial charge on any atom is 0.326 e. The van der Waals surface area contributed by atoms with Crippen LogP contribution in [0.15, 0.2) is 30.3 Å². The molecule has 10 heteroatoms. The topological polar surface area (TPSA) is 177 Å². The van der Waals surface area contributed by atoms with Crippen LogP contribution < -0.4 is 27.4 Å². The number of benzene rings is 1. The molecule has 1 aromatic rings. The molecule has 184 valence electrons. The van der Waals surface area contributed by atoms with Crippen LogP contribution in [0, 0.1) is 5.92 Å². The van der Waals surface area contributed by atoms with E-state index in [1.54, 1.807) is 13.8 Å². The zero-order valence-corrected chi connectivity index (χ0v) is 19.5. The van der Waals surface area contributed by atoms with Crippen LogP contribution in [0.25, 0.3) is 0 Å². The standard InChI is InChI=1S/C23H37N5O5/c1-14(2)19(22(31)27-18(23(32)33)11-7-8-12-24)28-20(29)15(3)26-21(30)17(25)13-16-9-5-4-6-10-16/h4-6,9-10,14-15,17-19H,7-8,11-13,24-25H2,1-3H3,(H,26,30)(H,27,31)(H,28,29)(H,32,33). The summed E-state index contributed by atoms with van der Waals surface area (Å²) in [7, 11) is 0. The van der Waals surface area contributed by atoms with E-state index in [9.17, 15) is 24.3 Å². The Kier molecular flexibility index (Phi) is 12.1. The monoisotopic (exact) mass is 463 g/mol. The molecule has 0 aliphatic carbocycles. The summed E-state index contributed by atoms with van der Waals surface area (Å²) in [6, 6.07) is 5.46. The van der Waals surface area contributed by atoms with Crippen molar-refractivity contribution in [2.45, 2.75) is 70.6 Å². The van der Waals surface area contributed by atoms with Crippen molar-refractivity contribution in [3.05, 3.63) is 35.9 Å². The molecule has 0 radical (unpaired) electrons. The fourth-order valence-corrected chi connectivity index (χ4v) is 3.17. The highest BCUT2D eigenvalue weighted by molar-refractivity contribution is 5.94. The maximum absolute atomic E-state index is 12.7. The van der Waals surface area contributed by atoms with Gasteiger partial charge in [-0.15, -0.1) is 0 Å². The van der Waals surface area contributed by atoms with Crippen molar-refractivity contribution in [2.24, 2.45) is 17.4 Å². The summed E-state index contributed by atoms with van der Waals surface area (Å²) in [5, 5.41) is 17.0. The third-order valence-electron chi connectivity index (χ3n) is 5.20. The Morgan fingerprint density at radius 1 is 0.909 bits per heavy atom. The highest BCUT2D eigenvalue weighted by atomic mass is 16.4. The summed E-state index contributed by atoms with van der Waals surface area (Å²) in [6.07, 6.45) is 1.76. The highest BCUT2D eigenvalue weighted by Crippen LogP contribution is 2.07. The first-order chi connectivity index (χ1) is 15.6. The molecular weight excluding hydrogens is 426 g/mol. The van der Waals surface area contributed by atoms with E-state index in [1.165, 1.54) is 6.92 Å². The molecule has 0 aliphatic heterocycles. The molecule has 0 fully saturated rings. The quantitative estimate of drug-likeness (QED) is 0.209. The van der Waals surface area contributed by atoms with E-state index in [4.69, 9.17) is 11.5 Å². The number of amides is 3. The van der Waals surface area contributed by atoms with E-state index in [1.807, 2.05) is 30.3 Å². The summed E-state index contributed by atoms with van der Waals surface area (Å²) < 4.78 is 0. The molecule has 0 bridgehead atoms. The van der Waals surface area contributed by atoms with Gasteiger partial charge in [0.2, 0.25) is 17.7 Å². The van der Waals surface area contributed by atoms with Crippen molar-refractivity contribution in [3.8, 4) is 0 Å². The van der Waals surface area contributed by atoms with Gasteiger partial charge < -0.3 is 32.5 Å². The number of carboxylic acid groups (broad SMARTS) is 1. The Morgan fingerprint density at radius 3 is 2.09 bits per heavy atom. The van der Waals surface area contributed by atoms with Crippen LogP contribution in [-0.4, -0.2) is 59.5 Å². The number of hydrogen-bond donors (Lipinski definition) is 6. The number of unbranched alkanes of at least 4 members (excludes halogenated alkanes) is 1. The molecule has 0 saturated heterocycles. The molecule has 0 spiro atoms. The van der Waals surface area contributed by atoms with Crippen molar-refractivity contribution >= 4 is 23.7 Å². The molecule has 1 aromatic carbocycles. The molecule has 4 unspecified atom stereocenters. The van der Waals surface area contributed by atoms with Gasteiger partial charge in [0.05, 0.1) is 6.04 Å². The van der Waals surface area contributed by atoms with Crippen LogP contribution in [0.3, 0.4) is 0 Å². The van der Waals surface area contributed by atoms with Crippen LogP contribution in [0.1, 0.15) is 45.6 Å². The Hall–Kier alpha value is -2.98. The fraction of sp³-hybridized carbons (Fsp3) is 0.565. The van der Waals surface area contributed by atoms with Crippen molar-refractivity contribution in [2.75, 3.05) is 6.54 Å². The van der Waals surface area contributed by atoms with E-state index in [2.05, 4.69) is 16.0 Å². The lowest BCUT2D eigenvalue weighted by Gasteiger charge is -2.26. The molecule has 0 saturated carbocycles. The van der Waals surface area contributed by atoms with E-state index < -0.39 is 47.9 Å². The molecule has 0 heterocycles. The summed E-state index contributed by atoms with van der Waals surface area (Å²) in [5.74, 6) is -3.12. The van der Waals surface area contributed by atoms with Gasteiger partial charge in [0, 0.05) is 0 Å². The van der Waals surface area contributed by atoms with Gasteiger partial charge in [-0.3, -0.25) is 14.4 Å². The Bertz CT molecular complexity index is 787. The predicted octanol–water partition coefficient (Wildman–Crippen LogP) is -0.0997. The fourth-order valence-electron chi connectivity index (χ4n) is 3.17. The first-order valence-corrected chi connectivity index (χ1v) is 11.2. The van der Waals surface area contributed by atoms with Crippen molar-refractivity contribution < 1.29 is 24.3 Å². The average Bonchev–Trinajstić information content (AvgIpc) is 2.76. The van der Waals surface area contributed by atoms with Gasteiger partial charge in [-0.1, -0.05) is 44.2 Å². The number of carbonyl (C=O) groups excluding carboxylic acids is 3. The zero-order valence-electron chi connectivity index (χ0n) is 19.5. The smallest absolute Gasteiger partial charge is 0.326 e. The molecule has 10 nitrogen and oxygen atoms in total. The van der Waals surface area contributed by atoms with E-state index in [-0.39, 0.29) is 12.3 Å². The van der Waals surface area contributed by atoms with Gasteiger partial charge in [0.15, 0.2) is 0 Å². The average molecular weight is 464 g/mol. The molecule has 0 aliphatic rings.